The minimum Gasteiger partial charge on any atom is -0.497 e. The lowest BCUT2D eigenvalue weighted by atomic mass is 9.97. The molecule has 0 aliphatic carbocycles. The number of rotatable bonds is 5. The predicted molar refractivity (Wildman–Crippen MR) is 91.3 cm³/mol. The average molecular weight is 325 g/mol. The van der Waals surface area contributed by atoms with Gasteiger partial charge in [-0.25, -0.2) is 4.79 Å². The van der Waals surface area contributed by atoms with Gasteiger partial charge in [0.15, 0.2) is 5.78 Å². The van der Waals surface area contributed by atoms with Crippen LogP contribution in [0.5, 0.6) is 5.75 Å². The molecule has 1 aliphatic rings. The maximum absolute atomic E-state index is 12.7. The minimum atomic E-state index is -1.09. The number of carboxylic acids is 1. The van der Waals surface area contributed by atoms with Crippen LogP contribution in [0.1, 0.15) is 39.1 Å². The smallest absolute Gasteiger partial charge is 0.336 e. The maximum atomic E-state index is 12.7. The van der Waals surface area contributed by atoms with Crippen molar-refractivity contribution < 1.29 is 19.4 Å². The van der Waals surface area contributed by atoms with Crippen molar-refractivity contribution in [1.29, 1.82) is 0 Å². The number of anilines is 1. The predicted octanol–water partition coefficient (Wildman–Crippen LogP) is 3.22. The molecule has 1 heterocycles. The maximum Gasteiger partial charge on any atom is 0.336 e. The molecule has 0 bridgehead atoms. The van der Waals surface area contributed by atoms with E-state index < -0.39 is 5.97 Å². The summed E-state index contributed by atoms with van der Waals surface area (Å²) < 4.78 is 5.08. The van der Waals surface area contributed by atoms with Crippen LogP contribution in [0.15, 0.2) is 42.5 Å². The molecule has 0 saturated carbocycles. The van der Waals surface area contributed by atoms with E-state index in [-0.39, 0.29) is 16.9 Å². The molecular formula is C19H19NO4. The second-order valence-corrected chi connectivity index (χ2v) is 5.79. The molecule has 3 rings (SSSR count). The Balaban J connectivity index is 1.96. The number of ketones is 1. The number of benzene rings is 2. The normalized spacial score (nSPS) is 13.8. The van der Waals surface area contributed by atoms with Crippen LogP contribution >= 0.6 is 0 Å². The average Bonchev–Trinajstić information content (AvgIpc) is 3.15. The van der Waals surface area contributed by atoms with Gasteiger partial charge in [0.05, 0.1) is 12.7 Å². The van der Waals surface area contributed by atoms with Gasteiger partial charge in [0, 0.05) is 29.9 Å². The van der Waals surface area contributed by atoms with Crippen LogP contribution in [0.4, 0.5) is 5.69 Å². The van der Waals surface area contributed by atoms with Crippen LogP contribution in [0.25, 0.3) is 0 Å². The molecule has 1 N–H and O–H groups in total. The molecule has 0 unspecified atom stereocenters. The Morgan fingerprint density at radius 2 is 1.67 bits per heavy atom. The molecule has 0 aromatic heterocycles. The first-order chi connectivity index (χ1) is 11.6. The van der Waals surface area contributed by atoms with E-state index >= 15 is 0 Å². The molecule has 5 nitrogen and oxygen atoms in total. The SMILES string of the molecule is COc1ccc(C(=O)c2ccc(N3CCCC3)cc2C(=O)O)cc1. The first-order valence-corrected chi connectivity index (χ1v) is 7.91. The monoisotopic (exact) mass is 325 g/mol. The lowest BCUT2D eigenvalue weighted by molar-refractivity contribution is 0.0693. The Kier molecular flexibility index (Phi) is 4.51. The van der Waals surface area contributed by atoms with Crippen molar-refractivity contribution >= 4 is 17.4 Å². The molecule has 1 aliphatic heterocycles. The zero-order valence-electron chi connectivity index (χ0n) is 13.5. The number of carbonyl (C=O) groups is 2. The molecule has 0 spiro atoms. The van der Waals surface area contributed by atoms with Crippen LogP contribution in [0.2, 0.25) is 0 Å². The molecule has 5 heteroatoms. The second kappa shape index (κ2) is 6.74. The highest BCUT2D eigenvalue weighted by molar-refractivity contribution is 6.14. The Hall–Kier alpha value is -2.82. The summed E-state index contributed by atoms with van der Waals surface area (Å²) in [5.41, 5.74) is 1.54. The van der Waals surface area contributed by atoms with Gasteiger partial charge in [-0.3, -0.25) is 4.79 Å². The van der Waals surface area contributed by atoms with Gasteiger partial charge in [-0.15, -0.1) is 0 Å². The topological polar surface area (TPSA) is 66.8 Å². The molecule has 0 atom stereocenters. The fourth-order valence-corrected chi connectivity index (χ4v) is 2.98. The van der Waals surface area contributed by atoms with Crippen molar-refractivity contribution in [2.24, 2.45) is 0 Å². The first kappa shape index (κ1) is 16.1. The van der Waals surface area contributed by atoms with E-state index in [9.17, 15) is 14.7 Å². The Morgan fingerprint density at radius 1 is 1.00 bits per heavy atom. The summed E-state index contributed by atoms with van der Waals surface area (Å²) in [6.07, 6.45) is 2.21. The molecule has 24 heavy (non-hydrogen) atoms. The summed E-state index contributed by atoms with van der Waals surface area (Å²) >= 11 is 0. The van der Waals surface area contributed by atoms with Gasteiger partial charge in [-0.1, -0.05) is 0 Å². The first-order valence-electron chi connectivity index (χ1n) is 7.91. The highest BCUT2D eigenvalue weighted by Gasteiger charge is 2.21. The lowest BCUT2D eigenvalue weighted by Crippen LogP contribution is -2.19. The van der Waals surface area contributed by atoms with E-state index in [0.29, 0.717) is 11.3 Å². The largest absolute Gasteiger partial charge is 0.497 e. The van der Waals surface area contributed by atoms with Crippen LogP contribution < -0.4 is 9.64 Å². The summed E-state index contributed by atoms with van der Waals surface area (Å²) in [6, 6.07) is 11.7. The van der Waals surface area contributed by atoms with E-state index in [2.05, 4.69) is 4.90 Å². The van der Waals surface area contributed by atoms with Crippen molar-refractivity contribution in [3.63, 3.8) is 0 Å². The molecule has 1 saturated heterocycles. The molecule has 2 aromatic carbocycles. The summed E-state index contributed by atoms with van der Waals surface area (Å²) in [6.45, 7) is 1.84. The Bertz CT molecular complexity index is 761. The minimum absolute atomic E-state index is 0.0419. The van der Waals surface area contributed by atoms with Crippen molar-refractivity contribution in [3.05, 3.63) is 59.2 Å². The second-order valence-electron chi connectivity index (χ2n) is 5.79. The standard InChI is InChI=1S/C19H19NO4/c1-24-15-7-4-13(5-8-15)18(21)16-9-6-14(12-17(16)19(22)23)20-10-2-3-11-20/h4-9,12H,2-3,10-11H2,1H3,(H,22,23). The van der Waals surface area contributed by atoms with Gasteiger partial charge in [0.2, 0.25) is 0 Å². The highest BCUT2D eigenvalue weighted by Crippen LogP contribution is 2.25. The molecule has 1 fully saturated rings. The van der Waals surface area contributed by atoms with Crippen LogP contribution in [-0.2, 0) is 0 Å². The van der Waals surface area contributed by atoms with Crippen LogP contribution in [0.3, 0.4) is 0 Å². The fraction of sp³-hybridized carbons (Fsp3) is 0.263. The third-order valence-electron chi connectivity index (χ3n) is 4.30. The van der Waals surface area contributed by atoms with Gasteiger partial charge in [0.25, 0.3) is 0 Å². The number of hydrogen-bond acceptors (Lipinski definition) is 4. The van der Waals surface area contributed by atoms with Gasteiger partial charge in [0.1, 0.15) is 5.75 Å². The fourth-order valence-electron chi connectivity index (χ4n) is 2.98. The van der Waals surface area contributed by atoms with Gasteiger partial charge in [-0.05, 0) is 55.3 Å². The van der Waals surface area contributed by atoms with Crippen LogP contribution in [0, 0.1) is 0 Å². The van der Waals surface area contributed by atoms with E-state index in [4.69, 9.17) is 4.74 Å². The number of ether oxygens (including phenoxy) is 1. The highest BCUT2D eigenvalue weighted by atomic mass is 16.5. The zero-order valence-corrected chi connectivity index (χ0v) is 13.5. The summed E-state index contributed by atoms with van der Waals surface area (Å²) in [5.74, 6) is -0.745. The molecule has 0 radical (unpaired) electrons. The third kappa shape index (κ3) is 3.11. The van der Waals surface area contributed by atoms with Crippen molar-refractivity contribution in [1.82, 2.24) is 0 Å². The van der Waals surface area contributed by atoms with E-state index in [1.165, 1.54) is 0 Å². The van der Waals surface area contributed by atoms with Crippen molar-refractivity contribution in [2.45, 2.75) is 12.8 Å². The van der Waals surface area contributed by atoms with Crippen molar-refractivity contribution in [3.8, 4) is 5.75 Å². The van der Waals surface area contributed by atoms with E-state index in [1.807, 2.05) is 6.07 Å². The molecule has 0 amide bonds. The number of carbonyl (C=O) groups excluding carboxylic acids is 1. The van der Waals surface area contributed by atoms with Gasteiger partial charge in [-0.2, -0.15) is 0 Å². The van der Waals surface area contributed by atoms with E-state index in [0.717, 1.165) is 31.6 Å². The number of carboxylic acid groups (broad SMARTS) is 1. The number of methoxy groups -OCH3 is 1. The Labute approximate surface area is 140 Å². The third-order valence-corrected chi connectivity index (χ3v) is 4.30. The molecule has 124 valence electrons. The number of hydrogen-bond donors (Lipinski definition) is 1. The summed E-state index contributed by atoms with van der Waals surface area (Å²) in [4.78, 5) is 26.5. The quantitative estimate of drug-likeness (QED) is 0.855. The number of nitrogens with zero attached hydrogens (tertiary/aromatic N) is 1. The summed E-state index contributed by atoms with van der Waals surface area (Å²) in [5, 5.41) is 9.52. The van der Waals surface area contributed by atoms with Crippen LogP contribution in [-0.4, -0.2) is 37.1 Å². The Morgan fingerprint density at radius 3 is 2.25 bits per heavy atom. The summed E-state index contributed by atoms with van der Waals surface area (Å²) in [7, 11) is 1.55. The lowest BCUT2D eigenvalue weighted by Gasteiger charge is -2.19. The van der Waals surface area contributed by atoms with Crippen molar-refractivity contribution in [2.75, 3.05) is 25.1 Å². The van der Waals surface area contributed by atoms with Gasteiger partial charge < -0.3 is 14.7 Å². The molecular weight excluding hydrogens is 306 g/mol. The zero-order chi connectivity index (χ0) is 17.1. The van der Waals surface area contributed by atoms with E-state index in [1.54, 1.807) is 43.5 Å². The number of aromatic carboxylic acids is 1. The van der Waals surface area contributed by atoms with Gasteiger partial charge >= 0.3 is 5.97 Å². The molecule has 2 aromatic rings.